The molecule has 1 aromatic rings. The van der Waals surface area contributed by atoms with Crippen molar-refractivity contribution in [3.05, 3.63) is 30.1 Å². The van der Waals surface area contributed by atoms with Crippen molar-refractivity contribution in [3.63, 3.8) is 0 Å². The molecule has 0 aromatic heterocycles. The van der Waals surface area contributed by atoms with Gasteiger partial charge in [-0.15, -0.1) is 0 Å². The van der Waals surface area contributed by atoms with Gasteiger partial charge in [0.2, 0.25) is 12.0 Å². The van der Waals surface area contributed by atoms with Crippen LogP contribution in [0.3, 0.4) is 0 Å². The zero-order valence-electron chi connectivity index (χ0n) is 12.8. The van der Waals surface area contributed by atoms with Gasteiger partial charge in [-0.1, -0.05) is 0 Å². The molecule has 23 heavy (non-hydrogen) atoms. The summed E-state index contributed by atoms with van der Waals surface area (Å²) in [4.78, 5) is 23.3. The number of carboxylic acid groups (broad SMARTS) is 1. The number of halogens is 1. The zero-order chi connectivity index (χ0) is 16.8. The molecule has 1 amide bonds. The van der Waals surface area contributed by atoms with E-state index in [4.69, 9.17) is 9.47 Å². The second kappa shape index (κ2) is 7.92. The number of carboxylic acids is 1. The molecule has 3 atom stereocenters. The van der Waals surface area contributed by atoms with E-state index in [1.165, 1.54) is 24.3 Å². The molecule has 1 aromatic carbocycles. The van der Waals surface area contributed by atoms with Crippen molar-refractivity contribution in [2.24, 2.45) is 5.92 Å². The molecular weight excluding hydrogens is 305 g/mol. The van der Waals surface area contributed by atoms with E-state index < -0.39 is 17.9 Å². The minimum absolute atomic E-state index is 0.0187. The average Bonchev–Trinajstić information content (AvgIpc) is 2.52. The molecule has 2 N–H and O–H groups in total. The highest BCUT2D eigenvalue weighted by molar-refractivity contribution is 5.80. The van der Waals surface area contributed by atoms with Crippen LogP contribution >= 0.6 is 0 Å². The van der Waals surface area contributed by atoms with Crippen molar-refractivity contribution >= 4 is 11.9 Å². The van der Waals surface area contributed by atoms with Crippen LogP contribution < -0.4 is 10.1 Å². The van der Waals surface area contributed by atoms with Gasteiger partial charge in [0.25, 0.3) is 0 Å². The van der Waals surface area contributed by atoms with E-state index in [-0.39, 0.29) is 30.2 Å². The molecule has 1 heterocycles. The number of aliphatic carboxylic acids is 1. The molecule has 0 aliphatic carbocycles. The summed E-state index contributed by atoms with van der Waals surface area (Å²) in [5.41, 5.74) is 0. The van der Waals surface area contributed by atoms with Crippen LogP contribution in [0.5, 0.6) is 5.75 Å². The summed E-state index contributed by atoms with van der Waals surface area (Å²) in [6.45, 7) is 2.27. The largest absolute Gasteiger partial charge is 0.478 e. The Morgan fingerprint density at radius 3 is 2.74 bits per heavy atom. The van der Waals surface area contributed by atoms with E-state index in [1.54, 1.807) is 0 Å². The number of carbonyl (C=O) groups is 2. The molecule has 0 radical (unpaired) electrons. The van der Waals surface area contributed by atoms with Crippen molar-refractivity contribution in [3.8, 4) is 5.75 Å². The molecule has 1 saturated heterocycles. The van der Waals surface area contributed by atoms with Gasteiger partial charge >= 0.3 is 5.97 Å². The van der Waals surface area contributed by atoms with Gasteiger partial charge in [-0.2, -0.15) is 0 Å². The first-order chi connectivity index (χ1) is 11.0. The third kappa shape index (κ3) is 5.21. The van der Waals surface area contributed by atoms with E-state index in [1.807, 2.05) is 6.92 Å². The predicted molar refractivity (Wildman–Crippen MR) is 79.6 cm³/mol. The number of carbonyl (C=O) groups excluding carboxylic acids is 1. The lowest BCUT2D eigenvalue weighted by molar-refractivity contribution is -0.145. The third-order valence-corrected chi connectivity index (χ3v) is 3.69. The van der Waals surface area contributed by atoms with Crippen molar-refractivity contribution in [1.82, 2.24) is 5.32 Å². The maximum atomic E-state index is 12.8. The van der Waals surface area contributed by atoms with Gasteiger partial charge in [0.05, 0.1) is 12.6 Å². The first kappa shape index (κ1) is 17.2. The summed E-state index contributed by atoms with van der Waals surface area (Å²) < 4.78 is 23.5. The summed E-state index contributed by atoms with van der Waals surface area (Å²) in [6, 6.07) is 5.03. The fourth-order valence-corrected chi connectivity index (χ4v) is 2.43. The minimum atomic E-state index is -1.23. The molecule has 2 rings (SSSR count). The van der Waals surface area contributed by atoms with Crippen LogP contribution in [0.15, 0.2) is 24.3 Å². The molecular formula is C16H20FNO5. The fourth-order valence-electron chi connectivity index (χ4n) is 2.43. The monoisotopic (exact) mass is 325 g/mol. The topological polar surface area (TPSA) is 84.9 Å². The van der Waals surface area contributed by atoms with E-state index in [0.29, 0.717) is 19.4 Å². The summed E-state index contributed by atoms with van der Waals surface area (Å²) in [6.07, 6.45) is 0.0154. The van der Waals surface area contributed by atoms with Gasteiger partial charge < -0.3 is 19.9 Å². The van der Waals surface area contributed by atoms with Gasteiger partial charge in [0, 0.05) is 12.5 Å². The van der Waals surface area contributed by atoms with E-state index in [2.05, 4.69) is 5.32 Å². The summed E-state index contributed by atoms with van der Waals surface area (Å²) in [5, 5.41) is 11.8. The number of amides is 1. The van der Waals surface area contributed by atoms with Crippen molar-refractivity contribution in [2.75, 3.05) is 13.2 Å². The van der Waals surface area contributed by atoms with Gasteiger partial charge in [0.15, 0.2) is 0 Å². The highest BCUT2D eigenvalue weighted by atomic mass is 19.1. The molecule has 0 saturated carbocycles. The highest BCUT2D eigenvalue weighted by Gasteiger charge is 2.27. The predicted octanol–water partition coefficient (Wildman–Crippen LogP) is 1.59. The number of hydrogen-bond donors (Lipinski definition) is 2. The van der Waals surface area contributed by atoms with Crippen LogP contribution in [0.1, 0.15) is 19.8 Å². The number of ether oxygens (including phenoxy) is 2. The molecule has 3 unspecified atom stereocenters. The SMILES string of the molecule is CC1CC(C(=O)NCC(Oc2ccc(F)cc2)C(=O)O)CCO1. The Balaban J connectivity index is 1.88. The van der Waals surface area contributed by atoms with Crippen LogP contribution in [-0.2, 0) is 14.3 Å². The second-order valence-electron chi connectivity index (χ2n) is 5.55. The normalized spacial score (nSPS) is 22.2. The number of nitrogens with one attached hydrogen (secondary N) is 1. The van der Waals surface area contributed by atoms with Crippen LogP contribution in [-0.4, -0.2) is 42.3 Å². The van der Waals surface area contributed by atoms with Crippen LogP contribution in [0, 0.1) is 11.7 Å². The molecule has 1 aliphatic rings. The Morgan fingerprint density at radius 1 is 1.43 bits per heavy atom. The summed E-state index contributed by atoms with van der Waals surface area (Å²) in [5.74, 6) is -1.79. The molecule has 6 nitrogen and oxygen atoms in total. The highest BCUT2D eigenvalue weighted by Crippen LogP contribution is 2.20. The Kier molecular flexibility index (Phi) is 5.92. The van der Waals surface area contributed by atoms with Crippen molar-refractivity contribution in [2.45, 2.75) is 32.0 Å². The Labute approximate surface area is 133 Å². The smallest absolute Gasteiger partial charge is 0.346 e. The van der Waals surface area contributed by atoms with Crippen molar-refractivity contribution < 1.29 is 28.6 Å². The van der Waals surface area contributed by atoms with Crippen LogP contribution in [0.25, 0.3) is 0 Å². The van der Waals surface area contributed by atoms with E-state index >= 15 is 0 Å². The number of benzene rings is 1. The lowest BCUT2D eigenvalue weighted by Gasteiger charge is -2.26. The maximum Gasteiger partial charge on any atom is 0.346 e. The van der Waals surface area contributed by atoms with Crippen LogP contribution in [0.4, 0.5) is 4.39 Å². The standard InChI is InChI=1S/C16H20FNO5/c1-10-8-11(6-7-22-10)15(19)18-9-14(16(20)21)23-13-4-2-12(17)3-5-13/h2-5,10-11,14H,6-9H2,1H3,(H,18,19)(H,20,21). The maximum absolute atomic E-state index is 12.8. The lowest BCUT2D eigenvalue weighted by Crippen LogP contribution is -2.44. The van der Waals surface area contributed by atoms with E-state index in [9.17, 15) is 19.1 Å². The van der Waals surface area contributed by atoms with Gasteiger partial charge in [0.1, 0.15) is 11.6 Å². The Hall–Kier alpha value is -2.15. The fraction of sp³-hybridized carbons (Fsp3) is 0.500. The summed E-state index contributed by atoms with van der Waals surface area (Å²) >= 11 is 0. The minimum Gasteiger partial charge on any atom is -0.478 e. The third-order valence-electron chi connectivity index (χ3n) is 3.69. The first-order valence-electron chi connectivity index (χ1n) is 7.50. The second-order valence-corrected chi connectivity index (χ2v) is 5.55. The number of hydrogen-bond acceptors (Lipinski definition) is 4. The molecule has 7 heteroatoms. The molecule has 126 valence electrons. The van der Waals surface area contributed by atoms with Gasteiger partial charge in [-0.25, -0.2) is 9.18 Å². The van der Waals surface area contributed by atoms with Gasteiger partial charge in [-0.05, 0) is 44.0 Å². The molecule has 1 aliphatic heterocycles. The van der Waals surface area contributed by atoms with Gasteiger partial charge in [-0.3, -0.25) is 4.79 Å². The molecule has 0 bridgehead atoms. The number of rotatable bonds is 6. The molecule has 0 spiro atoms. The van der Waals surface area contributed by atoms with Crippen LogP contribution in [0.2, 0.25) is 0 Å². The Bertz CT molecular complexity index is 548. The molecule has 1 fully saturated rings. The quantitative estimate of drug-likeness (QED) is 0.830. The Morgan fingerprint density at radius 2 is 2.13 bits per heavy atom. The summed E-state index contributed by atoms with van der Waals surface area (Å²) in [7, 11) is 0. The van der Waals surface area contributed by atoms with Crippen molar-refractivity contribution in [1.29, 1.82) is 0 Å². The lowest BCUT2D eigenvalue weighted by atomic mass is 9.95. The zero-order valence-corrected chi connectivity index (χ0v) is 12.8. The average molecular weight is 325 g/mol. The first-order valence-corrected chi connectivity index (χ1v) is 7.50. The van der Waals surface area contributed by atoms with E-state index in [0.717, 1.165) is 0 Å².